The lowest BCUT2D eigenvalue weighted by Gasteiger charge is -2.10. The van der Waals surface area contributed by atoms with E-state index in [9.17, 15) is 4.79 Å². The Labute approximate surface area is 116 Å². The third kappa shape index (κ3) is 2.32. The van der Waals surface area contributed by atoms with Crippen LogP contribution in [0.5, 0.6) is 11.5 Å². The van der Waals surface area contributed by atoms with Crippen molar-refractivity contribution in [1.29, 1.82) is 0 Å². The first-order valence-corrected chi connectivity index (χ1v) is 6.12. The molecule has 6 nitrogen and oxygen atoms in total. The first-order valence-electron chi connectivity index (χ1n) is 6.12. The number of aryl methyl sites for hydroxylation is 3. The van der Waals surface area contributed by atoms with E-state index in [1.165, 1.54) is 6.07 Å². The second-order valence-corrected chi connectivity index (χ2v) is 4.73. The smallest absolute Gasteiger partial charge is 0.337 e. The molecule has 0 unspecified atom stereocenters. The molecule has 0 saturated heterocycles. The highest BCUT2D eigenvalue weighted by Crippen LogP contribution is 2.31. The van der Waals surface area contributed by atoms with Gasteiger partial charge in [0.1, 0.15) is 11.4 Å². The largest absolute Gasteiger partial charge is 0.478 e. The average Bonchev–Trinajstić information content (AvgIpc) is 2.60. The molecule has 2 rings (SSSR count). The molecular weight excluding hydrogens is 258 g/mol. The minimum atomic E-state index is -1.07. The number of nitrogen functional groups attached to an aromatic ring is 1. The van der Waals surface area contributed by atoms with Gasteiger partial charge in [-0.3, -0.25) is 4.68 Å². The predicted octanol–water partition coefficient (Wildman–Crippen LogP) is 2.42. The number of hydrogen-bond donors (Lipinski definition) is 2. The summed E-state index contributed by atoms with van der Waals surface area (Å²) >= 11 is 0. The summed E-state index contributed by atoms with van der Waals surface area (Å²) in [6.07, 6.45) is 0. The summed E-state index contributed by atoms with van der Waals surface area (Å²) in [5.41, 5.74) is 8.33. The van der Waals surface area contributed by atoms with Crippen molar-refractivity contribution in [2.24, 2.45) is 7.05 Å². The molecule has 0 aliphatic rings. The van der Waals surface area contributed by atoms with Crippen LogP contribution in [0.3, 0.4) is 0 Å². The molecule has 0 aliphatic carbocycles. The molecule has 0 aliphatic heterocycles. The molecule has 20 heavy (non-hydrogen) atoms. The van der Waals surface area contributed by atoms with Crippen LogP contribution in [0.1, 0.15) is 27.3 Å². The van der Waals surface area contributed by atoms with Crippen LogP contribution >= 0.6 is 0 Å². The van der Waals surface area contributed by atoms with Crippen molar-refractivity contribution in [1.82, 2.24) is 9.78 Å². The van der Waals surface area contributed by atoms with Crippen LogP contribution in [-0.2, 0) is 7.05 Å². The molecule has 3 N–H and O–H groups in total. The van der Waals surface area contributed by atoms with Crippen LogP contribution < -0.4 is 10.5 Å². The van der Waals surface area contributed by atoms with E-state index < -0.39 is 5.97 Å². The van der Waals surface area contributed by atoms with Crippen molar-refractivity contribution in [3.63, 3.8) is 0 Å². The van der Waals surface area contributed by atoms with Crippen molar-refractivity contribution < 1.29 is 14.6 Å². The van der Waals surface area contributed by atoms with E-state index >= 15 is 0 Å². The summed E-state index contributed by atoms with van der Waals surface area (Å²) in [4.78, 5) is 11.2. The van der Waals surface area contributed by atoms with E-state index in [1.807, 2.05) is 20.9 Å². The van der Waals surface area contributed by atoms with Crippen LogP contribution in [0.2, 0.25) is 0 Å². The molecule has 0 saturated carbocycles. The number of hydrogen-bond acceptors (Lipinski definition) is 4. The van der Waals surface area contributed by atoms with Crippen molar-refractivity contribution in [2.75, 3.05) is 5.73 Å². The molecule has 1 aromatic heterocycles. The fourth-order valence-electron chi connectivity index (χ4n) is 2.02. The predicted molar refractivity (Wildman–Crippen MR) is 75.3 cm³/mol. The van der Waals surface area contributed by atoms with Crippen LogP contribution in [0.25, 0.3) is 0 Å². The average molecular weight is 275 g/mol. The minimum absolute atomic E-state index is 0.0409. The quantitative estimate of drug-likeness (QED) is 0.839. The molecule has 6 heteroatoms. The zero-order valence-corrected chi connectivity index (χ0v) is 11.9. The maximum absolute atomic E-state index is 11.2. The van der Waals surface area contributed by atoms with E-state index in [4.69, 9.17) is 15.6 Å². The van der Waals surface area contributed by atoms with Crippen LogP contribution in [0.4, 0.5) is 5.69 Å². The molecule has 2 aromatic rings. The zero-order chi connectivity index (χ0) is 15.0. The number of nitrogens with two attached hydrogens (primary N) is 1. The van der Waals surface area contributed by atoms with Crippen LogP contribution in [0, 0.1) is 20.8 Å². The van der Waals surface area contributed by atoms with Gasteiger partial charge >= 0.3 is 5.97 Å². The zero-order valence-electron chi connectivity index (χ0n) is 11.9. The first kappa shape index (κ1) is 13.9. The standard InChI is InChI=1S/C14H17N3O3/c1-7-5-10(6-11(12(7)15)14(18)19)20-13-8(2)16-17(4)9(13)3/h5-6H,15H2,1-4H3,(H,18,19). The third-order valence-electron chi connectivity index (χ3n) is 3.25. The van der Waals surface area contributed by atoms with E-state index in [-0.39, 0.29) is 11.3 Å². The second-order valence-electron chi connectivity index (χ2n) is 4.73. The number of aromatic nitrogens is 2. The highest BCUT2D eigenvalue weighted by molar-refractivity contribution is 5.95. The molecular formula is C14H17N3O3. The van der Waals surface area contributed by atoms with Crippen molar-refractivity contribution in [2.45, 2.75) is 20.8 Å². The van der Waals surface area contributed by atoms with Crippen LogP contribution in [0.15, 0.2) is 12.1 Å². The second kappa shape index (κ2) is 4.88. The van der Waals surface area contributed by atoms with Gasteiger partial charge in [0.05, 0.1) is 11.3 Å². The Hall–Kier alpha value is -2.50. The van der Waals surface area contributed by atoms with Crippen molar-refractivity contribution in [3.05, 3.63) is 34.6 Å². The first-order chi connectivity index (χ1) is 9.31. The number of rotatable bonds is 3. The number of anilines is 1. The van der Waals surface area contributed by atoms with Gasteiger partial charge in [-0.1, -0.05) is 0 Å². The van der Waals surface area contributed by atoms with E-state index in [0.717, 1.165) is 11.4 Å². The lowest BCUT2D eigenvalue weighted by molar-refractivity contribution is 0.0697. The molecule has 1 aromatic carbocycles. The van der Waals surface area contributed by atoms with Gasteiger partial charge in [0.25, 0.3) is 0 Å². The lowest BCUT2D eigenvalue weighted by atomic mass is 10.1. The Morgan fingerprint density at radius 3 is 2.50 bits per heavy atom. The summed E-state index contributed by atoms with van der Waals surface area (Å²) in [6.45, 7) is 5.47. The van der Waals surface area contributed by atoms with E-state index in [2.05, 4.69) is 5.10 Å². The number of ether oxygens (including phenoxy) is 1. The molecule has 1 heterocycles. The number of carboxylic acid groups (broad SMARTS) is 1. The molecule has 106 valence electrons. The van der Waals surface area contributed by atoms with Gasteiger partial charge in [-0.25, -0.2) is 4.79 Å². The third-order valence-corrected chi connectivity index (χ3v) is 3.25. The Balaban J connectivity index is 2.47. The van der Waals surface area contributed by atoms with Gasteiger partial charge in [-0.2, -0.15) is 5.10 Å². The molecule has 0 fully saturated rings. The fraction of sp³-hybridized carbons (Fsp3) is 0.286. The molecule has 0 amide bonds. The highest BCUT2D eigenvalue weighted by Gasteiger charge is 2.16. The topological polar surface area (TPSA) is 90.4 Å². The molecule has 0 spiro atoms. The number of nitrogens with zero attached hydrogens (tertiary/aromatic N) is 2. The maximum atomic E-state index is 11.2. The summed E-state index contributed by atoms with van der Waals surface area (Å²) in [7, 11) is 1.83. The molecule has 0 bridgehead atoms. The Morgan fingerprint density at radius 2 is 2.00 bits per heavy atom. The maximum Gasteiger partial charge on any atom is 0.337 e. The van der Waals surface area contributed by atoms with Gasteiger partial charge in [-0.15, -0.1) is 0 Å². The van der Waals surface area contributed by atoms with Crippen molar-refractivity contribution in [3.8, 4) is 11.5 Å². The fourth-order valence-corrected chi connectivity index (χ4v) is 2.02. The van der Waals surface area contributed by atoms with Gasteiger partial charge < -0.3 is 15.6 Å². The Bertz CT molecular complexity index is 689. The number of carbonyl (C=O) groups is 1. The minimum Gasteiger partial charge on any atom is -0.478 e. The monoisotopic (exact) mass is 275 g/mol. The van der Waals surface area contributed by atoms with Gasteiger partial charge in [0.2, 0.25) is 0 Å². The number of aromatic carboxylic acids is 1. The summed E-state index contributed by atoms with van der Waals surface area (Å²) in [5.74, 6) is -0.00279. The van der Waals surface area contributed by atoms with Crippen LogP contribution in [-0.4, -0.2) is 20.9 Å². The normalized spacial score (nSPS) is 10.6. The lowest BCUT2D eigenvalue weighted by Crippen LogP contribution is -2.04. The Kier molecular flexibility index (Phi) is 3.40. The Morgan fingerprint density at radius 1 is 1.35 bits per heavy atom. The van der Waals surface area contributed by atoms with E-state index in [0.29, 0.717) is 17.1 Å². The number of carboxylic acids is 1. The highest BCUT2D eigenvalue weighted by atomic mass is 16.5. The van der Waals surface area contributed by atoms with Gasteiger partial charge in [0, 0.05) is 12.7 Å². The molecule has 0 radical (unpaired) electrons. The van der Waals surface area contributed by atoms with Gasteiger partial charge in [-0.05, 0) is 38.5 Å². The molecule has 0 atom stereocenters. The SMILES string of the molecule is Cc1cc(Oc2c(C)nn(C)c2C)cc(C(=O)O)c1N. The number of benzene rings is 1. The van der Waals surface area contributed by atoms with Gasteiger partial charge in [0.15, 0.2) is 5.75 Å². The summed E-state index contributed by atoms with van der Waals surface area (Å²) in [5, 5.41) is 13.4. The van der Waals surface area contributed by atoms with E-state index in [1.54, 1.807) is 17.7 Å². The summed E-state index contributed by atoms with van der Waals surface area (Å²) < 4.78 is 7.50. The summed E-state index contributed by atoms with van der Waals surface area (Å²) in [6, 6.07) is 3.14. The van der Waals surface area contributed by atoms with Crippen molar-refractivity contribution >= 4 is 11.7 Å².